The quantitative estimate of drug-likeness (QED) is 0.609. The van der Waals surface area contributed by atoms with Crippen LogP contribution in [0.3, 0.4) is 0 Å². The minimum absolute atomic E-state index is 0.154. The zero-order valence-electron chi connectivity index (χ0n) is 6.92. The first-order chi connectivity index (χ1) is 5.79. The molecule has 0 atom stereocenters. The Bertz CT molecular complexity index is 333. The summed E-state index contributed by atoms with van der Waals surface area (Å²) in [4.78, 5) is 15.6. The zero-order chi connectivity index (χ0) is 8.55. The molecule has 0 saturated heterocycles. The van der Waals surface area contributed by atoms with E-state index in [4.69, 9.17) is 0 Å². The second-order valence-electron chi connectivity index (χ2n) is 2.98. The molecule has 0 unspecified atom stereocenters. The highest BCUT2D eigenvalue weighted by Crippen LogP contribution is 2.14. The van der Waals surface area contributed by atoms with Crippen molar-refractivity contribution in [2.45, 2.75) is 13.5 Å². The maximum Gasteiger partial charge on any atom is 0.178 e. The van der Waals surface area contributed by atoms with Gasteiger partial charge in [-0.3, -0.25) is 9.78 Å². The molecule has 12 heavy (non-hydrogen) atoms. The summed E-state index contributed by atoms with van der Waals surface area (Å²) in [5, 5.41) is 3.01. The van der Waals surface area contributed by atoms with Crippen molar-refractivity contribution in [2.24, 2.45) is 0 Å². The summed E-state index contributed by atoms with van der Waals surface area (Å²) in [7, 11) is 0. The molecule has 0 spiro atoms. The fourth-order valence-corrected chi connectivity index (χ4v) is 1.51. The van der Waals surface area contributed by atoms with Crippen LogP contribution in [0.1, 0.15) is 21.6 Å². The van der Waals surface area contributed by atoms with Gasteiger partial charge in [0.1, 0.15) is 0 Å². The molecule has 0 fully saturated rings. The lowest BCUT2D eigenvalue weighted by Crippen LogP contribution is -2.31. The molecule has 3 nitrogen and oxygen atoms in total. The van der Waals surface area contributed by atoms with Gasteiger partial charge in [-0.05, 0) is 18.6 Å². The Morgan fingerprint density at radius 1 is 1.50 bits per heavy atom. The third kappa shape index (κ3) is 1.02. The molecule has 0 aliphatic carbocycles. The number of pyridine rings is 1. The Kier molecular flexibility index (Phi) is 1.66. The van der Waals surface area contributed by atoms with Crippen LogP contribution in [0.25, 0.3) is 0 Å². The van der Waals surface area contributed by atoms with E-state index in [0.717, 1.165) is 16.8 Å². The van der Waals surface area contributed by atoms with Crippen LogP contribution in [0, 0.1) is 6.92 Å². The molecule has 0 radical (unpaired) electrons. The van der Waals surface area contributed by atoms with E-state index in [1.807, 2.05) is 13.0 Å². The van der Waals surface area contributed by atoms with Gasteiger partial charge in [-0.1, -0.05) is 0 Å². The topological polar surface area (TPSA) is 42.0 Å². The number of aromatic nitrogens is 1. The van der Waals surface area contributed by atoms with Gasteiger partial charge in [0.25, 0.3) is 0 Å². The Hall–Kier alpha value is -1.22. The fraction of sp³-hybridized carbons (Fsp3) is 0.333. The number of nitrogens with one attached hydrogen (secondary N) is 1. The maximum absolute atomic E-state index is 11.4. The highest BCUT2D eigenvalue weighted by atomic mass is 16.1. The molecule has 0 bridgehead atoms. The number of hydrogen-bond donors (Lipinski definition) is 1. The molecule has 2 heterocycles. The Labute approximate surface area is 70.8 Å². The monoisotopic (exact) mass is 162 g/mol. The summed E-state index contributed by atoms with van der Waals surface area (Å²) in [6, 6.07) is 1.88. The second kappa shape index (κ2) is 2.68. The van der Waals surface area contributed by atoms with E-state index in [0.29, 0.717) is 13.1 Å². The summed E-state index contributed by atoms with van der Waals surface area (Å²) in [5.41, 5.74) is 2.73. The highest BCUT2D eigenvalue weighted by Gasteiger charge is 2.18. The Balaban J connectivity index is 2.60. The van der Waals surface area contributed by atoms with Gasteiger partial charge in [-0.15, -0.1) is 0 Å². The number of carbonyl (C=O) groups is 1. The van der Waals surface area contributed by atoms with Crippen molar-refractivity contribution in [1.29, 1.82) is 0 Å². The van der Waals surface area contributed by atoms with E-state index in [9.17, 15) is 4.79 Å². The van der Waals surface area contributed by atoms with Crippen molar-refractivity contribution < 1.29 is 4.79 Å². The molecule has 1 aliphatic heterocycles. The molecule has 2 rings (SSSR count). The van der Waals surface area contributed by atoms with Gasteiger partial charge in [0.05, 0.1) is 12.2 Å². The second-order valence-corrected chi connectivity index (χ2v) is 2.98. The molecule has 1 N–H and O–H groups in total. The first-order valence-corrected chi connectivity index (χ1v) is 3.97. The molecule has 62 valence electrons. The SMILES string of the molecule is Cc1ccnc2c1C(=O)CNC2. The van der Waals surface area contributed by atoms with Crippen LogP contribution in [-0.2, 0) is 6.54 Å². The van der Waals surface area contributed by atoms with Crippen molar-refractivity contribution >= 4 is 5.78 Å². The van der Waals surface area contributed by atoms with Crippen LogP contribution >= 0.6 is 0 Å². The lowest BCUT2D eigenvalue weighted by Gasteiger charge is -2.16. The molecule has 0 saturated carbocycles. The van der Waals surface area contributed by atoms with Gasteiger partial charge >= 0.3 is 0 Å². The number of carbonyl (C=O) groups excluding carboxylic acids is 1. The van der Waals surface area contributed by atoms with Crippen LogP contribution in [0.15, 0.2) is 12.3 Å². The molecule has 3 heteroatoms. The number of nitrogens with zero attached hydrogens (tertiary/aromatic N) is 1. The van der Waals surface area contributed by atoms with Gasteiger partial charge in [-0.2, -0.15) is 0 Å². The predicted molar refractivity (Wildman–Crippen MR) is 45.0 cm³/mol. The maximum atomic E-state index is 11.4. The highest BCUT2D eigenvalue weighted by molar-refractivity contribution is 6.00. The van der Waals surface area contributed by atoms with Gasteiger partial charge in [0, 0.05) is 18.3 Å². The number of ketones is 1. The number of fused-ring (bicyclic) bond motifs is 1. The summed E-state index contributed by atoms with van der Waals surface area (Å²) in [6.07, 6.45) is 1.74. The van der Waals surface area contributed by atoms with Crippen LogP contribution in [0.2, 0.25) is 0 Å². The summed E-state index contributed by atoms with van der Waals surface area (Å²) < 4.78 is 0. The van der Waals surface area contributed by atoms with Gasteiger partial charge in [0.15, 0.2) is 5.78 Å². The number of rotatable bonds is 0. The van der Waals surface area contributed by atoms with Gasteiger partial charge < -0.3 is 5.32 Å². The molecule has 1 aliphatic rings. The predicted octanol–water partition coefficient (Wildman–Crippen LogP) is 0.676. The first-order valence-electron chi connectivity index (χ1n) is 3.97. The standard InChI is InChI=1S/C9H10N2O/c1-6-2-3-11-7-4-10-5-8(12)9(6)7/h2-3,10H,4-5H2,1H3. The van der Waals surface area contributed by atoms with E-state index in [-0.39, 0.29) is 5.78 Å². The van der Waals surface area contributed by atoms with Crippen LogP contribution in [0.5, 0.6) is 0 Å². The smallest absolute Gasteiger partial charge is 0.178 e. The Morgan fingerprint density at radius 3 is 3.08 bits per heavy atom. The van der Waals surface area contributed by atoms with E-state index in [1.54, 1.807) is 6.20 Å². The fourth-order valence-electron chi connectivity index (χ4n) is 1.51. The lowest BCUT2D eigenvalue weighted by molar-refractivity contribution is 0.0980. The molecule has 0 amide bonds. The van der Waals surface area contributed by atoms with Crippen molar-refractivity contribution in [2.75, 3.05) is 6.54 Å². The largest absolute Gasteiger partial charge is 0.304 e. The molecular weight excluding hydrogens is 152 g/mol. The number of Topliss-reactive ketones (excluding diaryl/α,β-unsaturated/α-hetero) is 1. The van der Waals surface area contributed by atoms with E-state index >= 15 is 0 Å². The molecule has 1 aromatic heterocycles. The van der Waals surface area contributed by atoms with Gasteiger partial charge in [0.2, 0.25) is 0 Å². The summed E-state index contributed by atoms with van der Waals surface area (Å²) in [5.74, 6) is 0.154. The van der Waals surface area contributed by atoms with Crippen LogP contribution in [-0.4, -0.2) is 17.3 Å². The average Bonchev–Trinajstić information content (AvgIpc) is 2.04. The minimum Gasteiger partial charge on any atom is -0.304 e. The average molecular weight is 162 g/mol. The lowest BCUT2D eigenvalue weighted by atomic mass is 10.0. The molecule has 0 aromatic carbocycles. The molecule has 1 aromatic rings. The van der Waals surface area contributed by atoms with Crippen molar-refractivity contribution in [1.82, 2.24) is 10.3 Å². The van der Waals surface area contributed by atoms with Crippen LogP contribution in [0.4, 0.5) is 0 Å². The zero-order valence-corrected chi connectivity index (χ0v) is 6.92. The van der Waals surface area contributed by atoms with E-state index < -0.39 is 0 Å². The molecular formula is C9H10N2O. The normalized spacial score (nSPS) is 15.9. The summed E-state index contributed by atoms with van der Waals surface area (Å²) in [6.45, 7) is 3.10. The minimum atomic E-state index is 0.154. The van der Waals surface area contributed by atoms with Crippen molar-refractivity contribution in [3.63, 3.8) is 0 Å². The summed E-state index contributed by atoms with van der Waals surface area (Å²) >= 11 is 0. The van der Waals surface area contributed by atoms with E-state index in [2.05, 4.69) is 10.3 Å². The third-order valence-corrected chi connectivity index (χ3v) is 2.09. The third-order valence-electron chi connectivity index (χ3n) is 2.09. The van der Waals surface area contributed by atoms with E-state index in [1.165, 1.54) is 0 Å². The van der Waals surface area contributed by atoms with Crippen molar-refractivity contribution in [3.05, 3.63) is 29.1 Å². The van der Waals surface area contributed by atoms with Crippen LogP contribution < -0.4 is 5.32 Å². The Morgan fingerprint density at radius 2 is 2.33 bits per heavy atom. The van der Waals surface area contributed by atoms with Crippen molar-refractivity contribution in [3.8, 4) is 0 Å². The van der Waals surface area contributed by atoms with Gasteiger partial charge in [-0.25, -0.2) is 0 Å². The number of hydrogen-bond acceptors (Lipinski definition) is 3. The first kappa shape index (κ1) is 7.43. The number of aryl methyl sites for hydroxylation is 1.